The van der Waals surface area contributed by atoms with Gasteiger partial charge in [0.1, 0.15) is 4.90 Å². The quantitative estimate of drug-likeness (QED) is 0.799. The normalized spacial score (nSPS) is 18.8. The topological polar surface area (TPSA) is 49.4 Å². The number of hydrogen-bond acceptors (Lipinski definition) is 3. The first kappa shape index (κ1) is 19.2. The van der Waals surface area contributed by atoms with Crippen LogP contribution in [0.3, 0.4) is 0 Å². The molecule has 0 aliphatic carbocycles. The van der Waals surface area contributed by atoms with Crippen molar-refractivity contribution in [1.82, 2.24) is 9.62 Å². The highest BCUT2D eigenvalue weighted by Crippen LogP contribution is 2.32. The molecule has 2 rings (SSSR count). The Balaban J connectivity index is 0.00000220. The number of nitrogens with one attached hydrogen (secondary N) is 1. The summed E-state index contributed by atoms with van der Waals surface area (Å²) >= 11 is 9.44. The molecule has 0 amide bonds. The summed E-state index contributed by atoms with van der Waals surface area (Å²) < 4.78 is 27.9. The highest BCUT2D eigenvalue weighted by Gasteiger charge is 2.34. The van der Waals surface area contributed by atoms with Gasteiger partial charge in [0.2, 0.25) is 10.0 Å². The van der Waals surface area contributed by atoms with Crippen LogP contribution in [0.25, 0.3) is 0 Å². The molecule has 1 N–H and O–H groups in total. The molecule has 0 radical (unpaired) electrons. The van der Waals surface area contributed by atoms with Crippen molar-refractivity contribution < 1.29 is 8.42 Å². The third-order valence-electron chi connectivity index (χ3n) is 3.39. The van der Waals surface area contributed by atoms with Gasteiger partial charge >= 0.3 is 0 Å². The second-order valence-corrected chi connectivity index (χ2v) is 7.91. The smallest absolute Gasteiger partial charge is 0.244 e. The number of nitrogens with zero attached hydrogens (tertiary/aromatic N) is 1. The predicted molar refractivity (Wildman–Crippen MR) is 91.9 cm³/mol. The summed E-state index contributed by atoms with van der Waals surface area (Å²) in [4.78, 5) is 0.175. The van der Waals surface area contributed by atoms with Gasteiger partial charge in [-0.3, -0.25) is 0 Å². The highest BCUT2D eigenvalue weighted by molar-refractivity contribution is 9.10. The van der Waals surface area contributed by atoms with Crippen molar-refractivity contribution in [3.8, 4) is 0 Å². The Morgan fingerprint density at radius 2 is 2.19 bits per heavy atom. The van der Waals surface area contributed by atoms with Gasteiger partial charge in [-0.1, -0.05) is 24.6 Å². The summed E-state index contributed by atoms with van der Waals surface area (Å²) in [5.41, 5.74) is 0. The van der Waals surface area contributed by atoms with Crippen LogP contribution in [0.15, 0.2) is 27.6 Å². The van der Waals surface area contributed by atoms with Crippen LogP contribution in [0.5, 0.6) is 0 Å². The molecule has 0 saturated carbocycles. The fourth-order valence-electron chi connectivity index (χ4n) is 2.41. The van der Waals surface area contributed by atoms with Crippen LogP contribution in [-0.4, -0.2) is 38.4 Å². The van der Waals surface area contributed by atoms with Crippen LogP contribution in [0.4, 0.5) is 0 Å². The number of benzene rings is 1. The summed E-state index contributed by atoms with van der Waals surface area (Å²) in [6.45, 7) is 4.04. The van der Waals surface area contributed by atoms with Gasteiger partial charge in [0, 0.05) is 23.6 Å². The van der Waals surface area contributed by atoms with Gasteiger partial charge in [-0.05, 0) is 47.4 Å². The zero-order valence-electron chi connectivity index (χ0n) is 11.7. The first-order valence-electron chi connectivity index (χ1n) is 6.65. The summed E-state index contributed by atoms with van der Waals surface area (Å²) in [5.74, 6) is 0. The van der Waals surface area contributed by atoms with E-state index in [1.54, 1.807) is 22.5 Å². The summed E-state index contributed by atoms with van der Waals surface area (Å²) in [6.07, 6.45) is 1.62. The number of rotatable bonds is 5. The number of hydrogen-bond donors (Lipinski definition) is 1. The van der Waals surface area contributed by atoms with Gasteiger partial charge < -0.3 is 5.32 Å². The second kappa shape index (κ2) is 8.13. The zero-order chi connectivity index (χ0) is 14.8. The molecule has 1 aromatic rings. The molecule has 1 saturated heterocycles. The van der Waals surface area contributed by atoms with E-state index in [4.69, 9.17) is 11.6 Å². The van der Waals surface area contributed by atoms with E-state index in [9.17, 15) is 8.42 Å². The second-order valence-electron chi connectivity index (χ2n) is 4.81. The van der Waals surface area contributed by atoms with Crippen molar-refractivity contribution in [3.05, 3.63) is 27.7 Å². The van der Waals surface area contributed by atoms with E-state index in [-0.39, 0.29) is 28.4 Å². The van der Waals surface area contributed by atoms with Crippen molar-refractivity contribution in [2.75, 3.05) is 19.6 Å². The summed E-state index contributed by atoms with van der Waals surface area (Å²) in [6, 6.07) is 5.01. The zero-order valence-corrected chi connectivity index (χ0v) is 15.7. The van der Waals surface area contributed by atoms with Gasteiger partial charge in [0.15, 0.2) is 0 Å². The average Bonchev–Trinajstić information content (AvgIpc) is 2.92. The van der Waals surface area contributed by atoms with Gasteiger partial charge in [-0.2, -0.15) is 4.31 Å². The molecule has 4 nitrogen and oxygen atoms in total. The highest BCUT2D eigenvalue weighted by atomic mass is 79.9. The van der Waals surface area contributed by atoms with Crippen molar-refractivity contribution in [2.24, 2.45) is 0 Å². The third kappa shape index (κ3) is 4.12. The minimum absolute atomic E-state index is 0. The summed E-state index contributed by atoms with van der Waals surface area (Å²) in [5, 5.41) is 3.46. The van der Waals surface area contributed by atoms with Gasteiger partial charge in [-0.15, -0.1) is 12.4 Å². The Bertz CT molecular complexity index is 578. The Labute approximate surface area is 145 Å². The van der Waals surface area contributed by atoms with Crippen molar-refractivity contribution >= 4 is 50.0 Å². The molecule has 1 aliphatic heterocycles. The molecule has 1 aliphatic rings. The first-order valence-corrected chi connectivity index (χ1v) is 9.26. The fraction of sp³-hybridized carbons (Fsp3) is 0.538. The average molecular weight is 418 g/mol. The van der Waals surface area contributed by atoms with Crippen molar-refractivity contribution in [1.29, 1.82) is 0 Å². The molecule has 0 aromatic heterocycles. The van der Waals surface area contributed by atoms with E-state index in [0.717, 1.165) is 19.4 Å². The van der Waals surface area contributed by atoms with E-state index in [0.29, 0.717) is 17.6 Å². The van der Waals surface area contributed by atoms with Gasteiger partial charge in [0.05, 0.1) is 5.02 Å². The van der Waals surface area contributed by atoms with Crippen LogP contribution in [0.1, 0.15) is 19.8 Å². The van der Waals surface area contributed by atoms with Crippen LogP contribution >= 0.6 is 39.9 Å². The fourth-order valence-corrected chi connectivity index (χ4v) is 5.17. The maximum atomic E-state index is 12.9. The molecule has 0 spiro atoms. The monoisotopic (exact) mass is 416 g/mol. The molecule has 8 heteroatoms. The number of halogens is 3. The SMILES string of the molecule is CCCN(C1CCNC1)S(=O)(=O)c1cccc(Br)c1Cl.Cl. The Morgan fingerprint density at radius 1 is 1.48 bits per heavy atom. The first-order chi connectivity index (χ1) is 9.48. The molecule has 1 fully saturated rings. The minimum atomic E-state index is -3.57. The molecule has 1 aromatic carbocycles. The Morgan fingerprint density at radius 3 is 2.76 bits per heavy atom. The van der Waals surface area contributed by atoms with E-state index < -0.39 is 10.0 Å². The van der Waals surface area contributed by atoms with Crippen LogP contribution in [-0.2, 0) is 10.0 Å². The molecule has 1 heterocycles. The number of sulfonamides is 1. The lowest BCUT2D eigenvalue weighted by atomic mass is 10.2. The van der Waals surface area contributed by atoms with Crippen molar-refractivity contribution in [2.45, 2.75) is 30.7 Å². The van der Waals surface area contributed by atoms with E-state index in [1.807, 2.05) is 6.92 Å². The van der Waals surface area contributed by atoms with E-state index in [2.05, 4.69) is 21.2 Å². The maximum absolute atomic E-state index is 12.9. The van der Waals surface area contributed by atoms with Crippen LogP contribution in [0, 0.1) is 0 Å². The molecule has 1 atom stereocenters. The lowest BCUT2D eigenvalue weighted by molar-refractivity contribution is 0.335. The Kier molecular flexibility index (Phi) is 7.43. The molecule has 1 unspecified atom stereocenters. The van der Waals surface area contributed by atoms with E-state index >= 15 is 0 Å². The van der Waals surface area contributed by atoms with Crippen molar-refractivity contribution in [3.63, 3.8) is 0 Å². The molecular weight excluding hydrogens is 399 g/mol. The van der Waals surface area contributed by atoms with Gasteiger partial charge in [0.25, 0.3) is 0 Å². The maximum Gasteiger partial charge on any atom is 0.244 e. The van der Waals surface area contributed by atoms with Crippen LogP contribution < -0.4 is 5.32 Å². The molecule has 0 bridgehead atoms. The lowest BCUT2D eigenvalue weighted by Crippen LogP contribution is -2.42. The standard InChI is InChI=1S/C13H18BrClN2O2S.ClH/c1-2-8-17(10-6-7-16-9-10)20(18,19)12-5-3-4-11(14)13(12)15;/h3-5,10,16H,2,6-9H2,1H3;1H. The third-order valence-corrected chi connectivity index (χ3v) is 6.79. The molecule has 120 valence electrons. The summed E-state index contributed by atoms with van der Waals surface area (Å²) in [7, 11) is -3.57. The van der Waals surface area contributed by atoms with Gasteiger partial charge in [-0.25, -0.2) is 8.42 Å². The Hall–Kier alpha value is 0.150. The minimum Gasteiger partial charge on any atom is -0.315 e. The van der Waals surface area contributed by atoms with Crippen LogP contribution in [0.2, 0.25) is 5.02 Å². The molecular formula is C13H19BrCl2N2O2S. The largest absolute Gasteiger partial charge is 0.315 e. The predicted octanol–water partition coefficient (Wildman–Crippen LogP) is 3.29. The molecule has 21 heavy (non-hydrogen) atoms. The lowest BCUT2D eigenvalue weighted by Gasteiger charge is -2.27. The van der Waals surface area contributed by atoms with E-state index in [1.165, 1.54) is 0 Å².